The molecule has 0 spiro atoms. The van der Waals surface area contributed by atoms with Crippen LogP contribution in [-0.4, -0.2) is 24.9 Å². The van der Waals surface area contributed by atoms with Crippen molar-refractivity contribution in [2.24, 2.45) is 5.41 Å². The molecule has 1 N–H and O–H groups in total. The third-order valence-electron chi connectivity index (χ3n) is 3.79. The molecule has 0 aliphatic rings. The highest BCUT2D eigenvalue weighted by atomic mass is 16.5. The monoisotopic (exact) mass is 284 g/mol. The first-order valence-electron chi connectivity index (χ1n) is 7.54. The number of aliphatic hydroxyl groups excluding tert-OH is 1. The van der Waals surface area contributed by atoms with Crippen LogP contribution in [0.5, 0.6) is 0 Å². The van der Waals surface area contributed by atoms with Gasteiger partial charge in [-0.2, -0.15) is 0 Å². The van der Waals surface area contributed by atoms with Crippen molar-refractivity contribution in [3.8, 4) is 0 Å². The minimum absolute atomic E-state index is 0.122. The summed E-state index contributed by atoms with van der Waals surface area (Å²) in [6, 6.07) is 20.7. The molecule has 0 saturated heterocycles. The summed E-state index contributed by atoms with van der Waals surface area (Å²) in [5.41, 5.74) is 2.21. The van der Waals surface area contributed by atoms with Gasteiger partial charge in [0.2, 0.25) is 0 Å². The van der Waals surface area contributed by atoms with Crippen LogP contribution >= 0.6 is 0 Å². The zero-order valence-electron chi connectivity index (χ0n) is 12.7. The molecule has 0 unspecified atom stereocenters. The van der Waals surface area contributed by atoms with E-state index < -0.39 is 0 Å². The second-order valence-corrected chi connectivity index (χ2v) is 5.62. The van der Waals surface area contributed by atoms with Crippen molar-refractivity contribution in [3.63, 3.8) is 0 Å². The van der Waals surface area contributed by atoms with Gasteiger partial charge in [-0.05, 0) is 30.9 Å². The maximum atomic E-state index is 10.0. The van der Waals surface area contributed by atoms with E-state index in [4.69, 9.17) is 4.74 Å². The number of hydrogen-bond acceptors (Lipinski definition) is 2. The molecule has 0 aliphatic heterocycles. The van der Waals surface area contributed by atoms with Gasteiger partial charge in [-0.15, -0.1) is 0 Å². The third kappa shape index (κ3) is 4.69. The maximum absolute atomic E-state index is 10.0. The first-order chi connectivity index (χ1) is 10.3. The van der Waals surface area contributed by atoms with E-state index in [1.165, 1.54) is 11.1 Å². The van der Waals surface area contributed by atoms with E-state index in [9.17, 15) is 5.11 Å². The number of hydrogen-bond donors (Lipinski definition) is 1. The van der Waals surface area contributed by atoms with E-state index >= 15 is 0 Å². The Bertz CT molecular complexity index is 466. The smallest absolute Gasteiger partial charge is 0.0550 e. The SMILES string of the molecule is CCOCC(CO)(Cc1ccccc1)Cc1ccccc1. The van der Waals surface area contributed by atoms with Gasteiger partial charge in [-0.3, -0.25) is 0 Å². The molecule has 2 heteroatoms. The van der Waals surface area contributed by atoms with E-state index in [2.05, 4.69) is 24.3 Å². The van der Waals surface area contributed by atoms with Crippen LogP contribution in [0.4, 0.5) is 0 Å². The lowest BCUT2D eigenvalue weighted by Crippen LogP contribution is -2.36. The van der Waals surface area contributed by atoms with Gasteiger partial charge in [0.05, 0.1) is 13.2 Å². The Hall–Kier alpha value is -1.64. The van der Waals surface area contributed by atoms with Crippen LogP contribution in [0.1, 0.15) is 18.1 Å². The third-order valence-corrected chi connectivity index (χ3v) is 3.79. The zero-order valence-corrected chi connectivity index (χ0v) is 12.7. The fourth-order valence-electron chi connectivity index (χ4n) is 2.70. The summed E-state index contributed by atoms with van der Waals surface area (Å²) < 4.78 is 5.67. The van der Waals surface area contributed by atoms with Gasteiger partial charge in [0, 0.05) is 12.0 Å². The van der Waals surface area contributed by atoms with Crippen LogP contribution in [0, 0.1) is 5.41 Å². The second-order valence-electron chi connectivity index (χ2n) is 5.62. The topological polar surface area (TPSA) is 29.5 Å². The molecule has 0 aliphatic carbocycles. The largest absolute Gasteiger partial charge is 0.396 e. The van der Waals surface area contributed by atoms with Crippen molar-refractivity contribution in [3.05, 3.63) is 71.8 Å². The first-order valence-corrected chi connectivity index (χ1v) is 7.54. The lowest BCUT2D eigenvalue weighted by molar-refractivity contribution is 0.0109. The fraction of sp³-hybridized carbons (Fsp3) is 0.368. The second kappa shape index (κ2) is 7.96. The Labute approximate surface area is 127 Å². The van der Waals surface area contributed by atoms with Crippen LogP contribution in [-0.2, 0) is 17.6 Å². The minimum Gasteiger partial charge on any atom is -0.396 e. The van der Waals surface area contributed by atoms with Gasteiger partial charge in [-0.1, -0.05) is 60.7 Å². The zero-order chi connectivity index (χ0) is 15.0. The van der Waals surface area contributed by atoms with Gasteiger partial charge in [0.25, 0.3) is 0 Å². The van der Waals surface area contributed by atoms with E-state index in [0.717, 1.165) is 12.8 Å². The Balaban J connectivity index is 2.20. The highest BCUT2D eigenvalue weighted by Gasteiger charge is 2.30. The van der Waals surface area contributed by atoms with E-state index in [1.807, 2.05) is 43.3 Å². The van der Waals surface area contributed by atoms with Crippen molar-refractivity contribution >= 4 is 0 Å². The number of aliphatic hydroxyl groups is 1. The van der Waals surface area contributed by atoms with Crippen LogP contribution in [0.2, 0.25) is 0 Å². The molecule has 0 atom stereocenters. The van der Waals surface area contributed by atoms with Gasteiger partial charge in [0.15, 0.2) is 0 Å². The van der Waals surface area contributed by atoms with Crippen molar-refractivity contribution in [1.82, 2.24) is 0 Å². The van der Waals surface area contributed by atoms with Gasteiger partial charge in [0.1, 0.15) is 0 Å². The summed E-state index contributed by atoms with van der Waals surface area (Å²) >= 11 is 0. The summed E-state index contributed by atoms with van der Waals surface area (Å²) in [7, 11) is 0. The van der Waals surface area contributed by atoms with Crippen LogP contribution in [0.25, 0.3) is 0 Å². The molecule has 2 rings (SSSR count). The van der Waals surface area contributed by atoms with Gasteiger partial charge >= 0.3 is 0 Å². The fourth-order valence-corrected chi connectivity index (χ4v) is 2.70. The summed E-state index contributed by atoms with van der Waals surface area (Å²) in [6.45, 7) is 3.36. The molecule has 0 fully saturated rings. The van der Waals surface area contributed by atoms with Crippen LogP contribution in [0.3, 0.4) is 0 Å². The number of benzene rings is 2. The maximum Gasteiger partial charge on any atom is 0.0550 e. The minimum atomic E-state index is -0.265. The van der Waals surface area contributed by atoms with E-state index in [1.54, 1.807) is 0 Å². The highest BCUT2D eigenvalue weighted by Crippen LogP contribution is 2.28. The Morgan fingerprint density at radius 3 is 1.71 bits per heavy atom. The predicted molar refractivity (Wildman–Crippen MR) is 86.3 cm³/mol. The van der Waals surface area contributed by atoms with Gasteiger partial charge < -0.3 is 9.84 Å². The molecule has 0 radical (unpaired) electrons. The average Bonchev–Trinajstić information content (AvgIpc) is 2.54. The molecule has 112 valence electrons. The molecule has 21 heavy (non-hydrogen) atoms. The Morgan fingerprint density at radius 1 is 0.857 bits per heavy atom. The molecular weight excluding hydrogens is 260 g/mol. The predicted octanol–water partition coefficient (Wildman–Crippen LogP) is 3.49. The lowest BCUT2D eigenvalue weighted by atomic mass is 9.78. The summed E-state index contributed by atoms with van der Waals surface area (Å²) in [5, 5.41) is 10.0. The summed E-state index contributed by atoms with van der Waals surface area (Å²) in [5.74, 6) is 0. The standard InChI is InChI=1S/C19H24O2/c1-2-21-16-19(15-20,13-17-9-5-3-6-10-17)14-18-11-7-4-8-12-18/h3-12,20H,2,13-16H2,1H3. The van der Waals surface area contributed by atoms with Crippen molar-refractivity contribution in [1.29, 1.82) is 0 Å². The van der Waals surface area contributed by atoms with Crippen molar-refractivity contribution in [2.75, 3.05) is 19.8 Å². The lowest BCUT2D eigenvalue weighted by Gasteiger charge is -2.32. The van der Waals surface area contributed by atoms with Crippen molar-refractivity contribution in [2.45, 2.75) is 19.8 Å². The van der Waals surface area contributed by atoms with Gasteiger partial charge in [-0.25, -0.2) is 0 Å². The molecule has 0 amide bonds. The molecule has 2 aromatic carbocycles. The first kappa shape index (κ1) is 15.7. The van der Waals surface area contributed by atoms with Crippen molar-refractivity contribution < 1.29 is 9.84 Å². The molecule has 0 heterocycles. The molecular formula is C19H24O2. The molecule has 0 saturated carbocycles. The Morgan fingerprint density at radius 2 is 1.33 bits per heavy atom. The number of ether oxygens (including phenoxy) is 1. The quantitative estimate of drug-likeness (QED) is 0.804. The summed E-state index contributed by atoms with van der Waals surface area (Å²) in [6.07, 6.45) is 1.64. The molecule has 2 aromatic rings. The van der Waals surface area contributed by atoms with Crippen LogP contribution < -0.4 is 0 Å². The average molecular weight is 284 g/mol. The number of rotatable bonds is 8. The van der Waals surface area contributed by atoms with Crippen LogP contribution in [0.15, 0.2) is 60.7 Å². The molecule has 0 aromatic heterocycles. The van der Waals surface area contributed by atoms with E-state index in [-0.39, 0.29) is 12.0 Å². The normalized spacial score (nSPS) is 11.5. The molecule has 0 bridgehead atoms. The molecule has 2 nitrogen and oxygen atoms in total. The Kier molecular flexibility index (Phi) is 5.97. The van der Waals surface area contributed by atoms with E-state index in [0.29, 0.717) is 13.2 Å². The highest BCUT2D eigenvalue weighted by molar-refractivity contribution is 5.21. The summed E-state index contributed by atoms with van der Waals surface area (Å²) in [4.78, 5) is 0.